The number of hydrogen-bond donors (Lipinski definition) is 2. The second kappa shape index (κ2) is 5.41. The average molecular weight is 347 g/mol. The van der Waals surface area contributed by atoms with Crippen LogP contribution in [0.25, 0.3) is 22.4 Å². The lowest BCUT2D eigenvalue weighted by Crippen LogP contribution is -2.00. The Morgan fingerprint density at radius 1 is 1.14 bits per heavy atom. The smallest absolute Gasteiger partial charge is 0.148 e. The number of phenolic OH excluding ortho intramolecular Hbond substituents is 2. The molecule has 108 valence electrons. The zero-order valence-corrected chi connectivity index (χ0v) is 13.1. The number of fused-ring (bicyclic) bond motifs is 1. The van der Waals surface area contributed by atoms with Crippen molar-refractivity contribution in [2.24, 2.45) is 0 Å². The van der Waals surface area contributed by atoms with E-state index in [0.29, 0.717) is 11.4 Å². The van der Waals surface area contributed by atoms with E-state index in [1.165, 1.54) is 0 Å². The van der Waals surface area contributed by atoms with Crippen LogP contribution in [0.4, 0.5) is 0 Å². The number of aromatic nitrogens is 2. The van der Waals surface area contributed by atoms with Crippen LogP contribution in [-0.4, -0.2) is 19.8 Å². The predicted octanol–water partition coefficient (Wildman–Crippen LogP) is 4.29. The van der Waals surface area contributed by atoms with Gasteiger partial charge in [0.1, 0.15) is 22.9 Å². The third-order valence-corrected chi connectivity index (χ3v) is 3.89. The second-order valence-electron chi connectivity index (χ2n) is 4.89. The molecule has 0 amide bonds. The van der Waals surface area contributed by atoms with Crippen LogP contribution in [0.3, 0.4) is 0 Å². The number of imidazole rings is 1. The number of rotatable bonds is 3. The molecule has 0 atom stereocenters. The highest BCUT2D eigenvalue weighted by atomic mass is 79.9. The van der Waals surface area contributed by atoms with Crippen molar-refractivity contribution in [3.8, 4) is 22.9 Å². The van der Waals surface area contributed by atoms with Crippen molar-refractivity contribution in [2.45, 2.75) is 19.9 Å². The molecular formula is C16H15BrN2O2. The minimum absolute atomic E-state index is 0.0294. The number of hydrogen-bond acceptors (Lipinski definition) is 3. The van der Waals surface area contributed by atoms with Gasteiger partial charge in [-0.05, 0) is 36.8 Å². The SMILES string of the molecule is CCCn1c(-c2c(O)cccc2O)nc2cc(Br)ccc21. The van der Waals surface area contributed by atoms with Gasteiger partial charge < -0.3 is 14.8 Å². The van der Waals surface area contributed by atoms with E-state index in [0.717, 1.165) is 28.5 Å². The first-order valence-electron chi connectivity index (χ1n) is 6.79. The maximum absolute atomic E-state index is 10.1. The van der Waals surface area contributed by atoms with Gasteiger partial charge >= 0.3 is 0 Å². The van der Waals surface area contributed by atoms with Gasteiger partial charge in [0.05, 0.1) is 11.0 Å². The Bertz CT molecular complexity index is 791. The number of halogens is 1. The van der Waals surface area contributed by atoms with Gasteiger partial charge in [-0.15, -0.1) is 0 Å². The summed E-state index contributed by atoms with van der Waals surface area (Å²) in [6.07, 6.45) is 0.933. The molecule has 4 nitrogen and oxygen atoms in total. The van der Waals surface area contributed by atoms with Crippen molar-refractivity contribution in [3.63, 3.8) is 0 Å². The van der Waals surface area contributed by atoms with Gasteiger partial charge in [0.15, 0.2) is 0 Å². The lowest BCUT2D eigenvalue weighted by Gasteiger charge is -2.10. The Morgan fingerprint density at radius 3 is 2.52 bits per heavy atom. The Morgan fingerprint density at radius 2 is 1.86 bits per heavy atom. The fourth-order valence-corrected chi connectivity index (χ4v) is 2.85. The topological polar surface area (TPSA) is 58.3 Å². The van der Waals surface area contributed by atoms with Gasteiger partial charge in [-0.3, -0.25) is 0 Å². The number of aryl methyl sites for hydroxylation is 1. The highest BCUT2D eigenvalue weighted by Crippen LogP contribution is 2.38. The molecule has 1 heterocycles. The van der Waals surface area contributed by atoms with E-state index >= 15 is 0 Å². The standard InChI is InChI=1S/C16H15BrN2O2/c1-2-8-19-12-7-6-10(17)9-11(12)18-16(19)15-13(20)4-3-5-14(15)21/h3-7,9,20-21H,2,8H2,1H3. The molecule has 0 saturated carbocycles. The molecule has 0 aliphatic heterocycles. The number of nitrogens with zero attached hydrogens (tertiary/aromatic N) is 2. The van der Waals surface area contributed by atoms with Crippen molar-refractivity contribution in [1.82, 2.24) is 9.55 Å². The summed E-state index contributed by atoms with van der Waals surface area (Å²) in [4.78, 5) is 4.60. The normalized spacial score (nSPS) is 11.1. The summed E-state index contributed by atoms with van der Waals surface area (Å²) in [5, 5.41) is 20.2. The van der Waals surface area contributed by atoms with E-state index in [1.807, 2.05) is 22.8 Å². The van der Waals surface area contributed by atoms with Crippen LogP contribution < -0.4 is 0 Å². The van der Waals surface area contributed by atoms with Crippen LogP contribution in [-0.2, 0) is 6.54 Å². The molecule has 1 aromatic heterocycles. The number of aromatic hydroxyl groups is 2. The molecule has 5 heteroatoms. The largest absolute Gasteiger partial charge is 0.507 e. The van der Waals surface area contributed by atoms with E-state index in [4.69, 9.17) is 0 Å². The fourth-order valence-electron chi connectivity index (χ4n) is 2.50. The van der Waals surface area contributed by atoms with Gasteiger partial charge in [0.2, 0.25) is 0 Å². The molecule has 0 spiro atoms. The highest BCUT2D eigenvalue weighted by Gasteiger charge is 2.18. The van der Waals surface area contributed by atoms with Crippen LogP contribution in [0.15, 0.2) is 40.9 Å². The Hall–Kier alpha value is -2.01. The summed E-state index contributed by atoms with van der Waals surface area (Å²) in [6.45, 7) is 2.85. The van der Waals surface area contributed by atoms with Crippen LogP contribution in [0.1, 0.15) is 13.3 Å². The van der Waals surface area contributed by atoms with Gasteiger partial charge in [-0.25, -0.2) is 4.98 Å². The Labute approximate surface area is 130 Å². The predicted molar refractivity (Wildman–Crippen MR) is 86.5 cm³/mol. The van der Waals surface area contributed by atoms with Crippen molar-refractivity contribution in [3.05, 3.63) is 40.9 Å². The van der Waals surface area contributed by atoms with Crippen molar-refractivity contribution < 1.29 is 10.2 Å². The fraction of sp³-hybridized carbons (Fsp3) is 0.188. The minimum Gasteiger partial charge on any atom is -0.507 e. The minimum atomic E-state index is 0.0294. The zero-order chi connectivity index (χ0) is 15.0. The maximum atomic E-state index is 10.1. The van der Waals surface area contributed by atoms with Crippen molar-refractivity contribution in [2.75, 3.05) is 0 Å². The summed E-state index contributed by atoms with van der Waals surface area (Å²) < 4.78 is 2.97. The van der Waals surface area contributed by atoms with Crippen molar-refractivity contribution in [1.29, 1.82) is 0 Å². The molecule has 0 aliphatic rings. The Balaban J connectivity index is 2.33. The van der Waals surface area contributed by atoms with E-state index in [2.05, 4.69) is 27.8 Å². The molecule has 0 saturated heterocycles. The summed E-state index contributed by atoms with van der Waals surface area (Å²) in [7, 11) is 0. The molecule has 0 radical (unpaired) electrons. The summed E-state index contributed by atoms with van der Waals surface area (Å²) in [5.74, 6) is 0.643. The monoisotopic (exact) mass is 346 g/mol. The lowest BCUT2D eigenvalue weighted by molar-refractivity contribution is 0.452. The van der Waals surface area contributed by atoms with E-state index in [9.17, 15) is 10.2 Å². The second-order valence-corrected chi connectivity index (χ2v) is 5.81. The van der Waals surface area contributed by atoms with E-state index in [-0.39, 0.29) is 11.5 Å². The van der Waals surface area contributed by atoms with Crippen LogP contribution >= 0.6 is 15.9 Å². The molecule has 0 unspecified atom stereocenters. The van der Waals surface area contributed by atoms with Crippen LogP contribution in [0.2, 0.25) is 0 Å². The molecule has 3 aromatic rings. The molecule has 21 heavy (non-hydrogen) atoms. The first kappa shape index (κ1) is 13.9. The average Bonchev–Trinajstić information content (AvgIpc) is 2.77. The molecule has 0 aliphatic carbocycles. The lowest BCUT2D eigenvalue weighted by atomic mass is 10.1. The maximum Gasteiger partial charge on any atom is 0.148 e. The molecule has 2 N–H and O–H groups in total. The van der Waals surface area contributed by atoms with E-state index < -0.39 is 0 Å². The van der Waals surface area contributed by atoms with Gasteiger partial charge in [0.25, 0.3) is 0 Å². The van der Waals surface area contributed by atoms with E-state index in [1.54, 1.807) is 18.2 Å². The molecule has 3 rings (SSSR count). The summed E-state index contributed by atoms with van der Waals surface area (Å²) in [6, 6.07) is 10.6. The summed E-state index contributed by atoms with van der Waals surface area (Å²) >= 11 is 3.44. The third-order valence-electron chi connectivity index (χ3n) is 3.40. The third kappa shape index (κ3) is 2.38. The summed E-state index contributed by atoms with van der Waals surface area (Å²) in [5.41, 5.74) is 2.19. The molecule has 0 fully saturated rings. The van der Waals surface area contributed by atoms with Crippen LogP contribution in [0.5, 0.6) is 11.5 Å². The number of benzene rings is 2. The zero-order valence-electron chi connectivity index (χ0n) is 11.5. The quantitative estimate of drug-likeness (QED) is 0.743. The highest BCUT2D eigenvalue weighted by molar-refractivity contribution is 9.10. The molecular weight excluding hydrogens is 332 g/mol. The number of phenols is 2. The van der Waals surface area contributed by atoms with Gasteiger partial charge in [0, 0.05) is 11.0 Å². The first-order valence-corrected chi connectivity index (χ1v) is 7.58. The molecule has 2 aromatic carbocycles. The van der Waals surface area contributed by atoms with Crippen LogP contribution in [0, 0.1) is 0 Å². The van der Waals surface area contributed by atoms with Gasteiger partial charge in [-0.2, -0.15) is 0 Å². The first-order chi connectivity index (χ1) is 10.1. The van der Waals surface area contributed by atoms with Gasteiger partial charge in [-0.1, -0.05) is 28.9 Å². The molecule has 0 bridgehead atoms. The van der Waals surface area contributed by atoms with Crippen molar-refractivity contribution >= 4 is 27.0 Å². The Kier molecular flexibility index (Phi) is 3.59.